The molecular formula is C137H87F2N11. The molecule has 25 aromatic carbocycles. The minimum atomic E-state index is -0.281. The van der Waals surface area contributed by atoms with E-state index >= 15 is 8.78 Å². The molecule has 0 N–H and O–H groups in total. The van der Waals surface area contributed by atoms with E-state index in [-0.39, 0.29) is 11.6 Å². The highest BCUT2D eigenvalue weighted by Crippen LogP contribution is 2.54. The van der Waals surface area contributed by atoms with E-state index in [1.165, 1.54) is 44.5 Å². The summed E-state index contributed by atoms with van der Waals surface area (Å²) in [6.45, 7) is 0. The summed E-state index contributed by atoms with van der Waals surface area (Å²) in [6, 6.07) is 179. The van der Waals surface area contributed by atoms with Crippen molar-refractivity contribution in [3.8, 4) is 6.07 Å². The number of fused-ring (bicyclic) bond motifs is 6. The van der Waals surface area contributed by atoms with Gasteiger partial charge in [-0.1, -0.05) is 309 Å². The maximum atomic E-state index is 15.7. The van der Waals surface area contributed by atoms with Crippen LogP contribution >= 0.6 is 0 Å². The summed E-state index contributed by atoms with van der Waals surface area (Å²) in [5, 5.41) is 37.9. The fraction of sp³-hybridized carbons (Fsp3) is 0. The highest BCUT2D eigenvalue weighted by Gasteiger charge is 2.30. The SMILES string of the molecule is Fc1ccccc1N(c1ccccc1)c1ccc2ccc3c(N(c4ccc5ccccc5c4)c4ccc5ccc6cccnc6c5n4)ccc4ccc1c2c43.Fc1ccccc1N(c1ccccc1)c1ccc2ccc3c(N(c4ccc5ccccc5c4)c4ccc5ccccc5n4)ccc4ccc1c2c43.N#Cc1ccc(N(c2ccccc2)c2ccc3ccc4c(N(c5ccccc5)c5ccccn5)ccc5ccc2c3c54)cc1. The molecule has 29 aromatic rings. The molecule has 0 saturated carbocycles. The maximum Gasteiger partial charge on any atom is 0.147 e. The zero-order valence-electron chi connectivity index (χ0n) is 80.9. The number of benzene rings is 25. The van der Waals surface area contributed by atoms with Crippen molar-refractivity contribution in [2.24, 2.45) is 0 Å². The summed E-state index contributed by atoms with van der Waals surface area (Å²) >= 11 is 0. The molecular weight excluding hydrogens is 1840 g/mol. The van der Waals surface area contributed by atoms with Crippen LogP contribution in [-0.4, -0.2) is 19.9 Å². The first-order chi connectivity index (χ1) is 74.2. The van der Waals surface area contributed by atoms with Crippen molar-refractivity contribution in [1.82, 2.24) is 19.9 Å². The van der Waals surface area contributed by atoms with Gasteiger partial charge in [-0.05, 0) is 292 Å². The molecule has 0 unspecified atom stereocenters. The molecule has 11 nitrogen and oxygen atoms in total. The topological polar surface area (TPSA) is 94.8 Å². The van der Waals surface area contributed by atoms with E-state index in [2.05, 4.69) is 365 Å². The lowest BCUT2D eigenvalue weighted by molar-refractivity contribution is 0.628. The van der Waals surface area contributed by atoms with Gasteiger partial charge in [0.2, 0.25) is 0 Å². The predicted octanol–water partition coefficient (Wildman–Crippen LogP) is 38.1. The normalized spacial score (nSPS) is 11.5. The number of pyridine rings is 4. The summed E-state index contributed by atoms with van der Waals surface area (Å²) < 4.78 is 31.3. The summed E-state index contributed by atoms with van der Waals surface area (Å²) in [5.41, 5.74) is 17.3. The third kappa shape index (κ3) is 15.6. The van der Waals surface area contributed by atoms with Crippen molar-refractivity contribution in [3.05, 3.63) is 545 Å². The Morgan fingerprint density at radius 3 is 0.893 bits per heavy atom. The van der Waals surface area contributed by atoms with E-state index in [9.17, 15) is 5.26 Å². The minimum Gasteiger partial charge on any atom is -0.310 e. The average molecular weight is 1930 g/mol. The highest BCUT2D eigenvalue weighted by molar-refractivity contribution is 6.32. The molecule has 0 radical (unpaired) electrons. The molecule has 0 aliphatic heterocycles. The molecule has 704 valence electrons. The zero-order valence-corrected chi connectivity index (χ0v) is 80.9. The largest absolute Gasteiger partial charge is 0.310 e. The van der Waals surface area contributed by atoms with Crippen molar-refractivity contribution < 1.29 is 8.78 Å². The van der Waals surface area contributed by atoms with Gasteiger partial charge < -0.3 is 14.7 Å². The van der Waals surface area contributed by atoms with Gasteiger partial charge in [0.05, 0.1) is 73.7 Å². The summed E-state index contributed by atoms with van der Waals surface area (Å²) in [4.78, 5) is 33.2. The van der Waals surface area contributed by atoms with E-state index in [4.69, 9.17) is 19.9 Å². The van der Waals surface area contributed by atoms with Crippen molar-refractivity contribution in [2.75, 3.05) is 29.4 Å². The van der Waals surface area contributed by atoms with Crippen molar-refractivity contribution in [1.29, 1.82) is 5.26 Å². The Balaban J connectivity index is 0.000000111. The monoisotopic (exact) mass is 1920 g/mol. The minimum absolute atomic E-state index is 0.275. The first kappa shape index (κ1) is 88.6. The van der Waals surface area contributed by atoms with Crippen LogP contribution < -0.4 is 29.4 Å². The van der Waals surface area contributed by atoms with Crippen LogP contribution in [0, 0.1) is 23.0 Å². The standard InChI is InChI=1S/C50H31FN4.C47H30FN3.C40H26N4/c51-42-14-6-7-15-45(42)54(38-12-2-1-3-13-38)43-27-21-33-20-26-41-44(28-22-34-19-25-40(43)47(33)48(34)41)55(39-24-18-32-9-4-5-10-37(32)31-39)46-29-23-36-17-16-35-11-8-30-52-49(35)50(36)53-46;48-40-15-7-9-17-44(40)50(36-13-2-1-3-14-36)42-27-21-33-20-26-39-43(28-22-34-19-25-38(42)46(33)47(34)39)51(37-24-18-31-10-4-5-12-35(31)30-37)45-29-23-32-11-6-8-16-41(32)49-45;41-27-28-14-20-33(21-15-28)43(31-9-3-1-4-10-31)36-24-18-29-17-23-35-37(25-19-30-16-22-34(36)39(29)40(30)35)44(32-11-5-2-6-12-32)38-13-7-8-26-42-38/h1-31H;1-30H;1-26H. The lowest BCUT2D eigenvalue weighted by Crippen LogP contribution is -2.13. The van der Waals surface area contributed by atoms with E-state index in [0.29, 0.717) is 16.9 Å². The molecule has 13 heteroatoms. The number of hydrogen-bond donors (Lipinski definition) is 0. The summed E-state index contributed by atoms with van der Waals surface area (Å²) in [7, 11) is 0. The highest BCUT2D eigenvalue weighted by atomic mass is 19.1. The lowest BCUT2D eigenvalue weighted by Gasteiger charge is -2.29. The second-order valence-corrected chi connectivity index (χ2v) is 37.7. The first-order valence-corrected chi connectivity index (χ1v) is 50.2. The van der Waals surface area contributed by atoms with Crippen LogP contribution in [0.2, 0.25) is 0 Å². The third-order valence-electron chi connectivity index (χ3n) is 29.1. The molecule has 0 amide bonds. The van der Waals surface area contributed by atoms with Gasteiger partial charge in [0.25, 0.3) is 0 Å². The number of para-hydroxylation sites is 7. The Kier molecular flexibility index (Phi) is 22.1. The molecule has 150 heavy (non-hydrogen) atoms. The van der Waals surface area contributed by atoms with Crippen LogP contribution in [0.15, 0.2) is 528 Å². The zero-order chi connectivity index (χ0) is 99.8. The van der Waals surface area contributed by atoms with Gasteiger partial charge in [-0.15, -0.1) is 0 Å². The Bertz CT molecular complexity index is 10200. The van der Waals surface area contributed by atoms with Crippen molar-refractivity contribution in [2.45, 2.75) is 0 Å². The molecule has 0 aliphatic carbocycles. The van der Waals surface area contributed by atoms with Crippen LogP contribution in [0.1, 0.15) is 5.56 Å². The van der Waals surface area contributed by atoms with E-state index in [1.54, 1.807) is 12.1 Å². The van der Waals surface area contributed by atoms with Gasteiger partial charge in [-0.25, -0.2) is 23.7 Å². The molecule has 4 heterocycles. The first-order valence-electron chi connectivity index (χ1n) is 50.2. The predicted molar refractivity (Wildman–Crippen MR) is 622 cm³/mol. The van der Waals surface area contributed by atoms with E-state index in [0.717, 1.165) is 210 Å². The smallest absolute Gasteiger partial charge is 0.147 e. The molecule has 0 aliphatic rings. The van der Waals surface area contributed by atoms with Gasteiger partial charge in [-0.3, -0.25) is 19.7 Å². The number of halogens is 2. The fourth-order valence-electron chi connectivity index (χ4n) is 22.3. The quantitative estimate of drug-likeness (QED) is 0.0769. The summed E-state index contributed by atoms with van der Waals surface area (Å²) in [6.07, 6.45) is 3.67. The number of hydrogen-bond acceptors (Lipinski definition) is 11. The Morgan fingerprint density at radius 1 is 0.180 bits per heavy atom. The Hall–Kier alpha value is -20.3. The van der Waals surface area contributed by atoms with E-state index < -0.39 is 0 Å². The number of nitriles is 1. The second kappa shape index (κ2) is 37.4. The van der Waals surface area contributed by atoms with Crippen LogP contribution in [-0.2, 0) is 0 Å². The van der Waals surface area contributed by atoms with Gasteiger partial charge in [0, 0.05) is 101 Å². The maximum absolute atomic E-state index is 15.7. The van der Waals surface area contributed by atoms with Crippen LogP contribution in [0.25, 0.3) is 151 Å². The molecule has 0 atom stereocenters. The molecule has 0 saturated heterocycles. The van der Waals surface area contributed by atoms with Gasteiger partial charge >= 0.3 is 0 Å². The molecule has 0 bridgehead atoms. The molecule has 0 spiro atoms. The van der Waals surface area contributed by atoms with Crippen LogP contribution in [0.3, 0.4) is 0 Å². The Morgan fingerprint density at radius 2 is 0.473 bits per heavy atom. The number of aromatic nitrogens is 4. The van der Waals surface area contributed by atoms with Gasteiger partial charge in [0.15, 0.2) is 0 Å². The molecule has 4 aromatic heterocycles. The summed E-state index contributed by atoms with van der Waals surface area (Å²) in [5.74, 6) is 1.95. The van der Waals surface area contributed by atoms with Crippen molar-refractivity contribution >= 4 is 254 Å². The van der Waals surface area contributed by atoms with Gasteiger partial charge in [0.1, 0.15) is 29.1 Å². The van der Waals surface area contributed by atoms with Crippen LogP contribution in [0.5, 0.6) is 0 Å². The lowest BCUT2D eigenvalue weighted by atomic mass is 9.91. The number of anilines is 18. The third-order valence-corrected chi connectivity index (χ3v) is 29.1. The van der Waals surface area contributed by atoms with E-state index in [1.807, 2.05) is 174 Å². The number of rotatable bonds is 18. The number of nitrogens with zero attached hydrogens (tertiary/aromatic N) is 11. The Labute approximate surface area is 862 Å². The second-order valence-electron chi connectivity index (χ2n) is 37.7. The van der Waals surface area contributed by atoms with Gasteiger partial charge in [-0.2, -0.15) is 5.26 Å². The fourth-order valence-corrected chi connectivity index (χ4v) is 22.3. The van der Waals surface area contributed by atoms with Crippen LogP contribution in [0.4, 0.5) is 112 Å². The molecule has 29 rings (SSSR count). The van der Waals surface area contributed by atoms with Crippen molar-refractivity contribution in [3.63, 3.8) is 0 Å². The molecule has 0 fully saturated rings. The average Bonchev–Trinajstić information content (AvgIpc) is 0.722.